The van der Waals surface area contributed by atoms with Crippen LogP contribution in [-0.4, -0.2) is 21.5 Å². The number of hydrogen-bond acceptors (Lipinski definition) is 3. The van der Waals surface area contributed by atoms with Gasteiger partial charge in [0.15, 0.2) is 0 Å². The molecule has 1 aromatic carbocycles. The summed E-state index contributed by atoms with van der Waals surface area (Å²) < 4.78 is 1.36. The molecule has 1 aromatic heterocycles. The van der Waals surface area contributed by atoms with E-state index in [1.54, 1.807) is 18.2 Å². The molecule has 0 unspecified atom stereocenters. The molecule has 104 valence electrons. The van der Waals surface area contributed by atoms with Crippen molar-refractivity contribution in [3.63, 3.8) is 0 Å². The maximum atomic E-state index is 12.2. The Balaban J connectivity index is 1.78. The molecule has 0 spiro atoms. The number of carbonyl (C=O) groups is 1. The fourth-order valence-corrected chi connectivity index (χ4v) is 2.39. The molecular weight excluding hydrogens is 254 g/mol. The minimum Gasteiger partial charge on any atom is -0.352 e. The molecule has 20 heavy (non-hydrogen) atoms. The van der Waals surface area contributed by atoms with Gasteiger partial charge in [-0.05, 0) is 37.8 Å². The van der Waals surface area contributed by atoms with Gasteiger partial charge >= 0.3 is 0 Å². The Morgan fingerprint density at radius 3 is 2.95 bits per heavy atom. The summed E-state index contributed by atoms with van der Waals surface area (Å²) in [5.41, 5.74) is 0.477. The molecule has 0 bridgehead atoms. The lowest BCUT2D eigenvalue weighted by Crippen LogP contribution is -2.38. The first-order chi connectivity index (χ1) is 9.65. The average molecular weight is 271 g/mol. The lowest BCUT2D eigenvalue weighted by molar-refractivity contribution is -0.122. The molecule has 3 rings (SSSR count). The number of nitrogens with one attached hydrogen (secondary N) is 1. The quantitative estimate of drug-likeness (QED) is 0.912. The summed E-state index contributed by atoms with van der Waals surface area (Å²) in [7, 11) is 0. The molecule has 1 N–H and O–H groups in total. The molecule has 5 nitrogen and oxygen atoms in total. The molecule has 1 heterocycles. The van der Waals surface area contributed by atoms with Crippen LogP contribution in [0.25, 0.3) is 10.9 Å². The molecule has 0 radical (unpaired) electrons. The molecule has 1 atom stereocenters. The summed E-state index contributed by atoms with van der Waals surface area (Å²) in [6.07, 6.45) is 3.80. The van der Waals surface area contributed by atoms with Crippen molar-refractivity contribution in [3.05, 3.63) is 40.9 Å². The number of rotatable bonds is 4. The molecule has 1 amide bonds. The first-order valence-corrected chi connectivity index (χ1v) is 6.88. The van der Waals surface area contributed by atoms with Gasteiger partial charge in [-0.1, -0.05) is 12.1 Å². The zero-order valence-electron chi connectivity index (χ0n) is 11.4. The van der Waals surface area contributed by atoms with E-state index in [9.17, 15) is 9.59 Å². The van der Waals surface area contributed by atoms with Gasteiger partial charge in [0, 0.05) is 6.04 Å². The molecule has 1 aliphatic carbocycles. The second-order valence-corrected chi connectivity index (χ2v) is 5.39. The molecule has 1 saturated carbocycles. The van der Waals surface area contributed by atoms with Crippen LogP contribution in [0.15, 0.2) is 35.4 Å². The van der Waals surface area contributed by atoms with E-state index in [2.05, 4.69) is 10.3 Å². The first-order valence-electron chi connectivity index (χ1n) is 6.88. The van der Waals surface area contributed by atoms with Crippen molar-refractivity contribution in [2.45, 2.75) is 32.4 Å². The van der Waals surface area contributed by atoms with Crippen LogP contribution in [-0.2, 0) is 11.3 Å². The van der Waals surface area contributed by atoms with Crippen LogP contribution in [0.2, 0.25) is 0 Å². The summed E-state index contributed by atoms with van der Waals surface area (Å²) in [5.74, 6) is 0.467. The Morgan fingerprint density at radius 1 is 1.45 bits per heavy atom. The van der Waals surface area contributed by atoms with E-state index in [-0.39, 0.29) is 24.1 Å². The normalized spacial score (nSPS) is 16.1. The Morgan fingerprint density at radius 2 is 2.20 bits per heavy atom. The largest absolute Gasteiger partial charge is 0.352 e. The number of fused-ring (bicyclic) bond motifs is 1. The summed E-state index contributed by atoms with van der Waals surface area (Å²) in [6.45, 7) is 2.03. The summed E-state index contributed by atoms with van der Waals surface area (Å²) >= 11 is 0. The van der Waals surface area contributed by atoms with Crippen molar-refractivity contribution in [2.75, 3.05) is 0 Å². The van der Waals surface area contributed by atoms with Gasteiger partial charge in [0.25, 0.3) is 5.56 Å². The van der Waals surface area contributed by atoms with Gasteiger partial charge < -0.3 is 5.32 Å². The Labute approximate surface area is 116 Å². The fraction of sp³-hybridized carbons (Fsp3) is 0.400. The van der Waals surface area contributed by atoms with Gasteiger partial charge in [-0.15, -0.1) is 0 Å². The number of aromatic nitrogens is 2. The average Bonchev–Trinajstić information content (AvgIpc) is 3.27. The maximum Gasteiger partial charge on any atom is 0.261 e. The summed E-state index contributed by atoms with van der Waals surface area (Å²) in [4.78, 5) is 28.4. The van der Waals surface area contributed by atoms with Crippen LogP contribution in [0.4, 0.5) is 0 Å². The van der Waals surface area contributed by atoms with Crippen LogP contribution < -0.4 is 10.9 Å². The van der Waals surface area contributed by atoms with Gasteiger partial charge in [-0.2, -0.15) is 0 Å². The zero-order valence-corrected chi connectivity index (χ0v) is 11.4. The highest BCUT2D eigenvalue weighted by Crippen LogP contribution is 2.32. The number of nitrogens with zero attached hydrogens (tertiary/aromatic N) is 2. The molecule has 5 heteroatoms. The lowest BCUT2D eigenvalue weighted by atomic mass is 10.2. The number of para-hydroxylation sites is 1. The number of amides is 1. The minimum absolute atomic E-state index is 0.0216. The van der Waals surface area contributed by atoms with Gasteiger partial charge in [0.05, 0.1) is 17.2 Å². The predicted molar refractivity (Wildman–Crippen MR) is 76.3 cm³/mol. The topological polar surface area (TPSA) is 64.0 Å². The van der Waals surface area contributed by atoms with Crippen molar-refractivity contribution in [2.24, 2.45) is 5.92 Å². The van der Waals surface area contributed by atoms with E-state index in [1.807, 2.05) is 13.0 Å². The Kier molecular flexibility index (Phi) is 3.26. The first kappa shape index (κ1) is 12.8. The zero-order chi connectivity index (χ0) is 14.1. The van der Waals surface area contributed by atoms with Crippen molar-refractivity contribution in [1.29, 1.82) is 0 Å². The Bertz CT molecular complexity index is 704. The van der Waals surface area contributed by atoms with E-state index in [0.717, 1.165) is 0 Å². The van der Waals surface area contributed by atoms with E-state index in [4.69, 9.17) is 0 Å². The second-order valence-electron chi connectivity index (χ2n) is 5.39. The van der Waals surface area contributed by atoms with Gasteiger partial charge in [0.2, 0.25) is 5.91 Å². The molecule has 1 fully saturated rings. The van der Waals surface area contributed by atoms with Crippen LogP contribution in [0.5, 0.6) is 0 Å². The standard InChI is InChI=1S/C15H17N3O2/c1-10(11-6-7-11)17-14(19)8-18-9-16-13-5-3-2-4-12(13)15(18)20/h2-5,9-11H,6-8H2,1H3,(H,17,19)/t10-/m1/s1. The number of carbonyl (C=O) groups excluding carboxylic acids is 1. The van der Waals surface area contributed by atoms with E-state index >= 15 is 0 Å². The molecule has 0 saturated heterocycles. The highest BCUT2D eigenvalue weighted by Gasteiger charge is 2.28. The fourth-order valence-electron chi connectivity index (χ4n) is 2.39. The third-order valence-electron chi connectivity index (χ3n) is 3.76. The third-order valence-corrected chi connectivity index (χ3v) is 3.76. The van der Waals surface area contributed by atoms with E-state index in [1.165, 1.54) is 23.7 Å². The smallest absolute Gasteiger partial charge is 0.261 e. The van der Waals surface area contributed by atoms with Crippen LogP contribution in [0, 0.1) is 5.92 Å². The maximum absolute atomic E-state index is 12.2. The summed E-state index contributed by atoms with van der Waals surface area (Å²) in [6, 6.07) is 7.34. The van der Waals surface area contributed by atoms with Crippen molar-refractivity contribution < 1.29 is 4.79 Å². The molecule has 0 aliphatic heterocycles. The van der Waals surface area contributed by atoms with Crippen molar-refractivity contribution in [1.82, 2.24) is 14.9 Å². The lowest BCUT2D eigenvalue weighted by Gasteiger charge is -2.13. The Hall–Kier alpha value is -2.17. The van der Waals surface area contributed by atoms with Gasteiger partial charge in [-0.3, -0.25) is 14.2 Å². The van der Waals surface area contributed by atoms with Crippen molar-refractivity contribution >= 4 is 16.8 Å². The van der Waals surface area contributed by atoms with Crippen LogP contribution in [0.1, 0.15) is 19.8 Å². The minimum atomic E-state index is -0.176. The molecular formula is C15H17N3O2. The van der Waals surface area contributed by atoms with Gasteiger partial charge in [0.1, 0.15) is 6.54 Å². The monoisotopic (exact) mass is 271 g/mol. The number of benzene rings is 1. The van der Waals surface area contributed by atoms with E-state index < -0.39 is 0 Å². The highest BCUT2D eigenvalue weighted by atomic mass is 16.2. The molecule has 1 aliphatic rings. The van der Waals surface area contributed by atoms with E-state index in [0.29, 0.717) is 16.8 Å². The van der Waals surface area contributed by atoms with Crippen LogP contribution >= 0.6 is 0 Å². The highest BCUT2D eigenvalue weighted by molar-refractivity contribution is 5.79. The molecule has 2 aromatic rings. The summed E-state index contributed by atoms with van der Waals surface area (Å²) in [5, 5.41) is 3.48. The predicted octanol–water partition coefficient (Wildman–Crippen LogP) is 1.31. The second kappa shape index (κ2) is 5.07. The van der Waals surface area contributed by atoms with Crippen LogP contribution in [0.3, 0.4) is 0 Å². The van der Waals surface area contributed by atoms with Gasteiger partial charge in [-0.25, -0.2) is 4.98 Å². The number of hydrogen-bond donors (Lipinski definition) is 1. The SMILES string of the molecule is C[C@@H](NC(=O)Cn1cnc2ccccc2c1=O)C1CC1. The third kappa shape index (κ3) is 2.57. The van der Waals surface area contributed by atoms with Crippen molar-refractivity contribution in [3.8, 4) is 0 Å².